The Morgan fingerprint density at radius 1 is 1.33 bits per heavy atom. The number of aliphatic imine (C=N–C) groups is 1. The Kier molecular flexibility index (Phi) is 2.88. The molecule has 0 atom stereocenters. The van der Waals surface area contributed by atoms with Crippen LogP contribution in [0.3, 0.4) is 0 Å². The molecule has 0 N–H and O–H groups in total. The van der Waals surface area contributed by atoms with Crippen LogP contribution in [-0.2, 0) is 11.0 Å². The molecule has 0 amide bonds. The molecule has 6 heteroatoms. The van der Waals surface area contributed by atoms with E-state index in [9.17, 15) is 18.0 Å². The minimum Gasteiger partial charge on any atom is -0.211 e. The largest absolute Gasteiger partial charge is 0.416 e. The zero-order valence-corrected chi connectivity index (χ0v) is 7.17. The van der Waals surface area contributed by atoms with Crippen molar-refractivity contribution < 1.29 is 18.0 Å². The van der Waals surface area contributed by atoms with Crippen LogP contribution in [0.5, 0.6) is 0 Å². The van der Waals surface area contributed by atoms with Crippen LogP contribution in [0.25, 0.3) is 0 Å². The van der Waals surface area contributed by atoms with E-state index in [2.05, 4.69) is 4.99 Å². The standard InChI is InChI=1S/C9H3F3N2O/c10-9(11,12)7-2-1-6(4-13)8(3-7)14-5-15/h1-3H. The molecule has 0 radical (unpaired) electrons. The number of benzene rings is 1. The minimum atomic E-state index is -4.53. The van der Waals surface area contributed by atoms with E-state index < -0.39 is 11.7 Å². The normalized spacial score (nSPS) is 10.3. The molecule has 0 aromatic heterocycles. The fourth-order valence-electron chi connectivity index (χ4n) is 0.944. The number of rotatable bonds is 1. The lowest BCUT2D eigenvalue weighted by atomic mass is 10.1. The molecule has 15 heavy (non-hydrogen) atoms. The van der Waals surface area contributed by atoms with Gasteiger partial charge >= 0.3 is 6.18 Å². The van der Waals surface area contributed by atoms with Crippen LogP contribution in [0.15, 0.2) is 23.2 Å². The average molecular weight is 212 g/mol. The number of isocyanates is 1. The number of halogens is 3. The van der Waals surface area contributed by atoms with Gasteiger partial charge in [-0.1, -0.05) is 0 Å². The minimum absolute atomic E-state index is 0.105. The van der Waals surface area contributed by atoms with Crippen molar-refractivity contribution >= 4 is 11.8 Å². The first-order valence-electron chi connectivity index (χ1n) is 3.68. The molecular weight excluding hydrogens is 209 g/mol. The summed E-state index contributed by atoms with van der Waals surface area (Å²) >= 11 is 0. The molecule has 0 saturated heterocycles. The first kappa shape index (κ1) is 11.0. The Morgan fingerprint density at radius 2 is 2.00 bits per heavy atom. The predicted molar refractivity (Wildman–Crippen MR) is 43.9 cm³/mol. The van der Waals surface area contributed by atoms with Gasteiger partial charge in [0.25, 0.3) is 0 Å². The summed E-state index contributed by atoms with van der Waals surface area (Å²) in [5, 5.41) is 8.52. The van der Waals surface area contributed by atoms with Gasteiger partial charge in [0.1, 0.15) is 6.07 Å². The molecule has 0 bridgehead atoms. The smallest absolute Gasteiger partial charge is 0.211 e. The molecule has 0 unspecified atom stereocenters. The van der Waals surface area contributed by atoms with Gasteiger partial charge in [0.2, 0.25) is 6.08 Å². The second-order valence-corrected chi connectivity index (χ2v) is 2.54. The molecule has 0 aliphatic carbocycles. The van der Waals surface area contributed by atoms with E-state index >= 15 is 0 Å². The van der Waals surface area contributed by atoms with Crippen LogP contribution in [0.2, 0.25) is 0 Å². The zero-order valence-electron chi connectivity index (χ0n) is 7.17. The highest BCUT2D eigenvalue weighted by Crippen LogP contribution is 2.32. The van der Waals surface area contributed by atoms with Crippen LogP contribution < -0.4 is 0 Å². The third-order valence-corrected chi connectivity index (χ3v) is 1.61. The molecular formula is C9H3F3N2O. The van der Waals surface area contributed by atoms with Gasteiger partial charge in [-0.05, 0) is 18.2 Å². The molecule has 0 spiro atoms. The van der Waals surface area contributed by atoms with Crippen LogP contribution in [0, 0.1) is 11.3 Å². The maximum atomic E-state index is 12.2. The van der Waals surface area contributed by atoms with Crippen LogP contribution in [0.1, 0.15) is 11.1 Å². The van der Waals surface area contributed by atoms with Crippen LogP contribution in [0.4, 0.5) is 18.9 Å². The number of hydrogen-bond acceptors (Lipinski definition) is 3. The molecule has 0 saturated carbocycles. The van der Waals surface area contributed by atoms with Gasteiger partial charge < -0.3 is 0 Å². The Bertz CT molecular complexity index is 467. The highest BCUT2D eigenvalue weighted by molar-refractivity contribution is 5.59. The Morgan fingerprint density at radius 3 is 2.47 bits per heavy atom. The molecule has 0 aliphatic heterocycles. The van der Waals surface area contributed by atoms with E-state index in [0.29, 0.717) is 6.07 Å². The number of nitriles is 1. The summed E-state index contributed by atoms with van der Waals surface area (Å²) in [7, 11) is 0. The monoisotopic (exact) mass is 212 g/mol. The first-order chi connectivity index (χ1) is 6.99. The number of alkyl halides is 3. The van der Waals surface area contributed by atoms with Crippen molar-refractivity contribution in [2.45, 2.75) is 6.18 Å². The number of nitrogens with zero attached hydrogens (tertiary/aromatic N) is 2. The molecule has 1 rings (SSSR count). The predicted octanol–water partition coefficient (Wildman–Crippen LogP) is 2.54. The quantitative estimate of drug-likeness (QED) is 0.530. The number of carbonyl (C=O) groups excluding carboxylic acids is 1. The van der Waals surface area contributed by atoms with Crippen molar-refractivity contribution in [1.29, 1.82) is 5.26 Å². The highest BCUT2D eigenvalue weighted by Gasteiger charge is 2.31. The van der Waals surface area contributed by atoms with Crippen molar-refractivity contribution in [2.75, 3.05) is 0 Å². The molecule has 76 valence electrons. The summed E-state index contributed by atoms with van der Waals surface area (Å²) in [4.78, 5) is 12.9. The van der Waals surface area contributed by atoms with Gasteiger partial charge in [-0.25, -0.2) is 4.79 Å². The van der Waals surface area contributed by atoms with Crippen LogP contribution in [-0.4, -0.2) is 6.08 Å². The molecule has 0 aliphatic rings. The van der Waals surface area contributed by atoms with E-state index in [4.69, 9.17) is 5.26 Å². The summed E-state index contributed by atoms with van der Waals surface area (Å²) in [6, 6.07) is 3.96. The molecule has 3 nitrogen and oxygen atoms in total. The molecule has 1 aromatic rings. The van der Waals surface area contributed by atoms with E-state index in [1.807, 2.05) is 0 Å². The SMILES string of the molecule is N#Cc1ccc(C(F)(F)F)cc1N=C=O. The summed E-state index contributed by atoms with van der Waals surface area (Å²) in [5.74, 6) is 0. The van der Waals surface area contributed by atoms with Crippen molar-refractivity contribution in [3.63, 3.8) is 0 Å². The van der Waals surface area contributed by atoms with E-state index in [-0.39, 0.29) is 11.3 Å². The van der Waals surface area contributed by atoms with E-state index in [1.165, 1.54) is 0 Å². The van der Waals surface area contributed by atoms with E-state index in [1.54, 1.807) is 6.07 Å². The molecule has 0 fully saturated rings. The zero-order chi connectivity index (χ0) is 11.5. The van der Waals surface area contributed by atoms with E-state index in [0.717, 1.165) is 18.2 Å². The number of hydrogen-bond donors (Lipinski definition) is 0. The van der Waals surface area contributed by atoms with Gasteiger partial charge in [-0.3, -0.25) is 0 Å². The maximum Gasteiger partial charge on any atom is 0.416 e. The lowest BCUT2D eigenvalue weighted by molar-refractivity contribution is -0.137. The summed E-state index contributed by atoms with van der Waals surface area (Å²) in [6.45, 7) is 0. The Labute approximate surface area is 82.5 Å². The lowest BCUT2D eigenvalue weighted by Gasteiger charge is -2.06. The second-order valence-electron chi connectivity index (χ2n) is 2.54. The van der Waals surface area contributed by atoms with Crippen molar-refractivity contribution in [1.82, 2.24) is 0 Å². The molecule has 1 aromatic carbocycles. The van der Waals surface area contributed by atoms with Gasteiger partial charge in [0, 0.05) is 0 Å². The van der Waals surface area contributed by atoms with Crippen LogP contribution >= 0.6 is 0 Å². The fourth-order valence-corrected chi connectivity index (χ4v) is 0.944. The molecule has 0 heterocycles. The lowest BCUT2D eigenvalue weighted by Crippen LogP contribution is -2.04. The van der Waals surface area contributed by atoms with Gasteiger partial charge in [-0.2, -0.15) is 23.4 Å². The van der Waals surface area contributed by atoms with Crippen molar-refractivity contribution in [2.24, 2.45) is 4.99 Å². The Balaban J connectivity index is 3.36. The summed E-state index contributed by atoms with van der Waals surface area (Å²) < 4.78 is 36.7. The maximum absolute atomic E-state index is 12.2. The fraction of sp³-hybridized carbons (Fsp3) is 0.111. The second kappa shape index (κ2) is 3.95. The highest BCUT2D eigenvalue weighted by atomic mass is 19.4. The summed E-state index contributed by atoms with van der Waals surface area (Å²) in [6.07, 6.45) is -3.43. The third-order valence-electron chi connectivity index (χ3n) is 1.61. The topological polar surface area (TPSA) is 53.2 Å². The third kappa shape index (κ3) is 2.42. The first-order valence-corrected chi connectivity index (χ1v) is 3.68. The van der Waals surface area contributed by atoms with Crippen molar-refractivity contribution in [3.8, 4) is 6.07 Å². The van der Waals surface area contributed by atoms with Crippen molar-refractivity contribution in [3.05, 3.63) is 29.3 Å². The van der Waals surface area contributed by atoms with Gasteiger partial charge in [0.05, 0.1) is 16.8 Å². The van der Waals surface area contributed by atoms with Gasteiger partial charge in [-0.15, -0.1) is 0 Å². The Hall–Kier alpha value is -2.12. The average Bonchev–Trinajstić information content (AvgIpc) is 2.17. The van der Waals surface area contributed by atoms with Gasteiger partial charge in [0.15, 0.2) is 0 Å². The summed E-state index contributed by atoms with van der Waals surface area (Å²) in [5.41, 5.74) is -1.40.